The smallest absolute Gasteiger partial charge is 0.208 e. The molecule has 0 radical (unpaired) electrons. The average molecular weight is 317 g/mol. The maximum atomic E-state index is 5.94. The van der Waals surface area contributed by atoms with E-state index in [1.807, 2.05) is 22.8 Å². The van der Waals surface area contributed by atoms with Crippen LogP contribution < -0.4 is 5.32 Å². The first-order valence-corrected chi connectivity index (χ1v) is 7.98. The Bertz CT molecular complexity index is 788. The summed E-state index contributed by atoms with van der Waals surface area (Å²) in [5, 5.41) is 3.83. The van der Waals surface area contributed by atoms with Crippen molar-refractivity contribution in [2.75, 3.05) is 13.1 Å². The molecule has 114 valence electrons. The summed E-state index contributed by atoms with van der Waals surface area (Å²) < 4.78 is 7.58. The number of nitrogens with one attached hydrogen (secondary N) is 1. The standard InChI is InChI=1S/C16H17ClN4O/c17-13-5-6-15(22-13)21-14(9-11-3-1-7-18-10-11)20-12-4-2-8-19-16(12)21/h2,4-6,8,11,18H,1,3,7,9-10H2. The third-order valence-electron chi connectivity index (χ3n) is 4.14. The molecule has 1 unspecified atom stereocenters. The van der Waals surface area contributed by atoms with E-state index in [0.29, 0.717) is 17.0 Å². The van der Waals surface area contributed by atoms with Crippen LogP contribution in [-0.4, -0.2) is 27.6 Å². The van der Waals surface area contributed by atoms with E-state index in [1.54, 1.807) is 12.3 Å². The molecule has 3 aromatic heterocycles. The highest BCUT2D eigenvalue weighted by molar-refractivity contribution is 6.28. The zero-order chi connectivity index (χ0) is 14.9. The zero-order valence-corrected chi connectivity index (χ0v) is 12.9. The van der Waals surface area contributed by atoms with Crippen molar-refractivity contribution in [3.05, 3.63) is 41.5 Å². The van der Waals surface area contributed by atoms with Gasteiger partial charge in [0.2, 0.25) is 5.88 Å². The molecule has 3 aromatic rings. The summed E-state index contributed by atoms with van der Waals surface area (Å²) in [6.07, 6.45) is 5.12. The molecule has 0 bridgehead atoms. The van der Waals surface area contributed by atoms with E-state index in [1.165, 1.54) is 12.8 Å². The maximum absolute atomic E-state index is 5.94. The minimum absolute atomic E-state index is 0.373. The second kappa shape index (κ2) is 5.74. The Kier molecular flexibility index (Phi) is 3.60. The number of fused-ring (bicyclic) bond motifs is 1. The zero-order valence-electron chi connectivity index (χ0n) is 12.1. The minimum atomic E-state index is 0.373. The first-order chi connectivity index (χ1) is 10.8. The van der Waals surface area contributed by atoms with Gasteiger partial charge in [-0.15, -0.1) is 0 Å². The summed E-state index contributed by atoms with van der Waals surface area (Å²) in [6, 6.07) is 7.49. The average Bonchev–Trinajstić information content (AvgIpc) is 3.11. The normalized spacial score (nSPS) is 18.9. The largest absolute Gasteiger partial charge is 0.428 e. The molecule has 1 N–H and O–H groups in total. The van der Waals surface area contributed by atoms with Crippen LogP contribution in [0.1, 0.15) is 18.7 Å². The number of piperidine rings is 1. The van der Waals surface area contributed by atoms with Gasteiger partial charge in [-0.1, -0.05) is 0 Å². The van der Waals surface area contributed by atoms with Crippen molar-refractivity contribution < 1.29 is 4.42 Å². The van der Waals surface area contributed by atoms with Crippen LogP contribution in [0.4, 0.5) is 0 Å². The van der Waals surface area contributed by atoms with E-state index >= 15 is 0 Å². The highest BCUT2D eigenvalue weighted by atomic mass is 35.5. The highest BCUT2D eigenvalue weighted by Gasteiger charge is 2.21. The van der Waals surface area contributed by atoms with Gasteiger partial charge in [0.15, 0.2) is 10.9 Å². The number of pyridine rings is 1. The fourth-order valence-electron chi connectivity index (χ4n) is 3.11. The van der Waals surface area contributed by atoms with Gasteiger partial charge >= 0.3 is 0 Å². The molecule has 22 heavy (non-hydrogen) atoms. The van der Waals surface area contributed by atoms with E-state index in [9.17, 15) is 0 Å². The molecule has 1 aliphatic rings. The van der Waals surface area contributed by atoms with E-state index in [-0.39, 0.29) is 0 Å². The summed E-state index contributed by atoms with van der Waals surface area (Å²) >= 11 is 5.94. The van der Waals surface area contributed by atoms with Crippen molar-refractivity contribution >= 4 is 22.8 Å². The Balaban J connectivity index is 1.79. The summed E-state index contributed by atoms with van der Waals surface area (Å²) in [5.74, 6) is 2.24. The van der Waals surface area contributed by atoms with Crippen LogP contribution in [0.3, 0.4) is 0 Å². The monoisotopic (exact) mass is 316 g/mol. The first kappa shape index (κ1) is 13.8. The second-order valence-corrected chi connectivity index (χ2v) is 6.08. The molecule has 1 fully saturated rings. The van der Waals surface area contributed by atoms with Crippen LogP contribution in [0.15, 0.2) is 34.9 Å². The number of nitrogens with zero attached hydrogens (tertiary/aromatic N) is 3. The van der Waals surface area contributed by atoms with E-state index < -0.39 is 0 Å². The predicted molar refractivity (Wildman–Crippen MR) is 85.4 cm³/mol. The van der Waals surface area contributed by atoms with E-state index in [0.717, 1.165) is 36.5 Å². The molecule has 0 amide bonds. The third-order valence-corrected chi connectivity index (χ3v) is 4.34. The number of imidazole rings is 1. The molecule has 0 saturated carbocycles. The lowest BCUT2D eigenvalue weighted by Gasteiger charge is -2.22. The molecular weight excluding hydrogens is 300 g/mol. The summed E-state index contributed by atoms with van der Waals surface area (Å²) in [5.41, 5.74) is 1.70. The molecule has 4 heterocycles. The summed E-state index contributed by atoms with van der Waals surface area (Å²) in [4.78, 5) is 9.22. The SMILES string of the molecule is Clc1ccc(-n2c(CC3CCCNC3)nc3cccnc32)o1. The van der Waals surface area contributed by atoms with Gasteiger partial charge in [-0.2, -0.15) is 0 Å². The molecular formula is C16H17ClN4O. The molecule has 4 rings (SSSR count). The number of furan rings is 1. The lowest BCUT2D eigenvalue weighted by atomic mass is 9.96. The Morgan fingerprint density at radius 2 is 2.32 bits per heavy atom. The predicted octanol–water partition coefficient (Wildman–Crippen LogP) is 3.21. The van der Waals surface area contributed by atoms with Gasteiger partial charge < -0.3 is 9.73 Å². The molecule has 0 aliphatic carbocycles. The molecule has 1 aliphatic heterocycles. The van der Waals surface area contributed by atoms with Crippen molar-refractivity contribution in [1.29, 1.82) is 0 Å². The van der Waals surface area contributed by atoms with Gasteiger partial charge in [0.1, 0.15) is 11.3 Å². The van der Waals surface area contributed by atoms with Crippen LogP contribution >= 0.6 is 11.6 Å². The molecule has 5 nitrogen and oxygen atoms in total. The van der Waals surface area contributed by atoms with Gasteiger partial charge in [-0.05, 0) is 61.6 Å². The second-order valence-electron chi connectivity index (χ2n) is 5.70. The molecule has 1 atom stereocenters. The first-order valence-electron chi connectivity index (χ1n) is 7.60. The summed E-state index contributed by atoms with van der Waals surface area (Å²) in [7, 11) is 0. The lowest BCUT2D eigenvalue weighted by Crippen LogP contribution is -2.31. The Morgan fingerprint density at radius 1 is 1.36 bits per heavy atom. The number of aromatic nitrogens is 3. The van der Waals surface area contributed by atoms with Gasteiger partial charge in [-0.25, -0.2) is 14.5 Å². The topological polar surface area (TPSA) is 55.9 Å². The molecule has 6 heteroatoms. The van der Waals surface area contributed by atoms with Crippen LogP contribution in [0, 0.1) is 5.92 Å². The third kappa shape index (κ3) is 2.51. The van der Waals surface area contributed by atoms with E-state index in [2.05, 4.69) is 10.3 Å². The Morgan fingerprint density at radius 3 is 3.09 bits per heavy atom. The Labute approximate surface area is 133 Å². The molecule has 0 spiro atoms. The van der Waals surface area contributed by atoms with Gasteiger partial charge in [0.25, 0.3) is 0 Å². The van der Waals surface area contributed by atoms with E-state index in [4.69, 9.17) is 21.0 Å². The Hall–Kier alpha value is -1.85. The molecule has 1 saturated heterocycles. The van der Waals surface area contributed by atoms with Crippen molar-refractivity contribution in [3.63, 3.8) is 0 Å². The number of halogens is 1. The summed E-state index contributed by atoms with van der Waals surface area (Å²) in [6.45, 7) is 2.15. The minimum Gasteiger partial charge on any atom is -0.428 e. The van der Waals surface area contributed by atoms with Crippen LogP contribution in [0.25, 0.3) is 17.0 Å². The van der Waals surface area contributed by atoms with Crippen molar-refractivity contribution in [2.45, 2.75) is 19.3 Å². The van der Waals surface area contributed by atoms with Gasteiger partial charge in [-0.3, -0.25) is 0 Å². The number of rotatable bonds is 3. The van der Waals surface area contributed by atoms with Crippen molar-refractivity contribution in [1.82, 2.24) is 19.9 Å². The van der Waals surface area contributed by atoms with Crippen LogP contribution in [0.2, 0.25) is 5.22 Å². The van der Waals surface area contributed by atoms with Crippen LogP contribution in [-0.2, 0) is 6.42 Å². The highest BCUT2D eigenvalue weighted by Crippen LogP contribution is 2.26. The van der Waals surface area contributed by atoms with Crippen molar-refractivity contribution in [2.24, 2.45) is 5.92 Å². The van der Waals surface area contributed by atoms with Crippen LogP contribution in [0.5, 0.6) is 0 Å². The van der Waals surface area contributed by atoms with Crippen molar-refractivity contribution in [3.8, 4) is 5.88 Å². The van der Waals surface area contributed by atoms with Gasteiger partial charge in [0.05, 0.1) is 0 Å². The fraction of sp³-hybridized carbons (Fsp3) is 0.375. The maximum Gasteiger partial charge on any atom is 0.208 e. The molecule has 0 aromatic carbocycles. The van der Waals surface area contributed by atoms with Gasteiger partial charge in [0, 0.05) is 18.7 Å². The number of hydrogen-bond acceptors (Lipinski definition) is 4. The quantitative estimate of drug-likeness (QED) is 0.806. The fourth-order valence-corrected chi connectivity index (χ4v) is 3.25. The lowest BCUT2D eigenvalue weighted by molar-refractivity contribution is 0.368. The number of hydrogen-bond donors (Lipinski definition) is 1.